The molecule has 0 unspecified atom stereocenters. The smallest absolute Gasteiger partial charge is 0.227 e. The van der Waals surface area contributed by atoms with Crippen molar-refractivity contribution < 1.29 is 4.79 Å². The third kappa shape index (κ3) is 3.65. The number of hydrogen-bond donors (Lipinski definition) is 1. The summed E-state index contributed by atoms with van der Waals surface area (Å²) in [6.07, 6.45) is 5.37. The van der Waals surface area contributed by atoms with Gasteiger partial charge in [0, 0.05) is 47.2 Å². The van der Waals surface area contributed by atoms with E-state index in [0.29, 0.717) is 0 Å². The lowest BCUT2D eigenvalue weighted by atomic mass is 9.95. The second-order valence-corrected chi connectivity index (χ2v) is 6.38. The number of anilines is 2. The van der Waals surface area contributed by atoms with Crippen molar-refractivity contribution in [2.45, 2.75) is 12.8 Å². The minimum atomic E-state index is 0.0806. The summed E-state index contributed by atoms with van der Waals surface area (Å²) < 4.78 is 0.970. The van der Waals surface area contributed by atoms with Gasteiger partial charge in [-0.25, -0.2) is 0 Å². The Labute approximate surface area is 138 Å². The fraction of sp³-hybridized carbons (Fsp3) is 0.294. The maximum Gasteiger partial charge on any atom is 0.227 e. The van der Waals surface area contributed by atoms with Crippen molar-refractivity contribution in [1.29, 1.82) is 0 Å². The number of benzene rings is 1. The Morgan fingerprint density at radius 2 is 1.91 bits per heavy atom. The summed E-state index contributed by atoms with van der Waals surface area (Å²) in [5.41, 5.74) is 2.02. The number of amides is 1. The molecule has 22 heavy (non-hydrogen) atoms. The fourth-order valence-electron chi connectivity index (χ4n) is 2.77. The molecule has 114 valence electrons. The average molecular weight is 360 g/mol. The summed E-state index contributed by atoms with van der Waals surface area (Å²) in [4.78, 5) is 18.7. The minimum absolute atomic E-state index is 0.0806. The Hall–Kier alpha value is -1.88. The average Bonchev–Trinajstić information content (AvgIpc) is 2.56. The van der Waals surface area contributed by atoms with E-state index in [2.05, 4.69) is 31.1 Å². The number of rotatable bonds is 3. The molecule has 1 amide bonds. The predicted octanol–water partition coefficient (Wildman–Crippen LogP) is 3.70. The molecule has 1 aromatic heterocycles. The number of nitrogens with one attached hydrogen (secondary N) is 1. The maximum atomic E-state index is 12.4. The van der Waals surface area contributed by atoms with E-state index in [1.54, 1.807) is 12.4 Å². The Bertz CT molecular complexity index is 639. The van der Waals surface area contributed by atoms with Gasteiger partial charge in [-0.15, -0.1) is 0 Å². The molecule has 4 nitrogen and oxygen atoms in total. The normalized spacial score (nSPS) is 15.6. The summed E-state index contributed by atoms with van der Waals surface area (Å²) in [7, 11) is 0. The molecule has 0 atom stereocenters. The van der Waals surface area contributed by atoms with Gasteiger partial charge < -0.3 is 10.2 Å². The van der Waals surface area contributed by atoms with Crippen LogP contribution in [-0.2, 0) is 4.79 Å². The Morgan fingerprint density at radius 1 is 1.18 bits per heavy atom. The number of aromatic nitrogens is 1. The zero-order chi connectivity index (χ0) is 15.4. The Kier molecular flexibility index (Phi) is 4.73. The SMILES string of the molecule is O=C(Nc1cccc(Br)c1)C1CCN(c2ccncc2)CC1. The molecule has 1 aliphatic rings. The molecule has 1 saturated heterocycles. The lowest BCUT2D eigenvalue weighted by Crippen LogP contribution is -2.38. The molecule has 1 aliphatic heterocycles. The van der Waals surface area contributed by atoms with Gasteiger partial charge in [-0.1, -0.05) is 22.0 Å². The monoisotopic (exact) mass is 359 g/mol. The van der Waals surface area contributed by atoms with Gasteiger partial charge in [-0.3, -0.25) is 9.78 Å². The molecule has 2 aromatic rings. The highest BCUT2D eigenvalue weighted by Gasteiger charge is 2.25. The van der Waals surface area contributed by atoms with Gasteiger partial charge in [0.2, 0.25) is 5.91 Å². The largest absolute Gasteiger partial charge is 0.371 e. The lowest BCUT2D eigenvalue weighted by molar-refractivity contribution is -0.120. The maximum absolute atomic E-state index is 12.4. The number of pyridine rings is 1. The van der Waals surface area contributed by atoms with Crippen LogP contribution in [0.5, 0.6) is 0 Å². The van der Waals surface area contributed by atoms with Crippen molar-refractivity contribution in [3.8, 4) is 0 Å². The van der Waals surface area contributed by atoms with E-state index in [-0.39, 0.29) is 11.8 Å². The number of carbonyl (C=O) groups is 1. The van der Waals surface area contributed by atoms with Crippen LogP contribution in [0.15, 0.2) is 53.3 Å². The van der Waals surface area contributed by atoms with E-state index in [9.17, 15) is 4.79 Å². The van der Waals surface area contributed by atoms with Gasteiger partial charge in [0.25, 0.3) is 0 Å². The highest BCUT2D eigenvalue weighted by molar-refractivity contribution is 9.10. The van der Waals surface area contributed by atoms with Gasteiger partial charge in [0.1, 0.15) is 0 Å². The fourth-order valence-corrected chi connectivity index (χ4v) is 3.16. The van der Waals surface area contributed by atoms with Crippen LogP contribution >= 0.6 is 15.9 Å². The van der Waals surface area contributed by atoms with Crippen LogP contribution in [-0.4, -0.2) is 24.0 Å². The summed E-state index contributed by atoms with van der Waals surface area (Å²) in [6.45, 7) is 1.81. The molecule has 0 saturated carbocycles. The third-order valence-corrected chi connectivity index (χ3v) is 4.48. The second-order valence-electron chi connectivity index (χ2n) is 5.47. The van der Waals surface area contributed by atoms with Crippen LogP contribution in [0.25, 0.3) is 0 Å². The predicted molar refractivity (Wildman–Crippen MR) is 91.9 cm³/mol. The number of carbonyl (C=O) groups excluding carboxylic acids is 1. The number of halogens is 1. The zero-order valence-electron chi connectivity index (χ0n) is 12.2. The molecule has 3 rings (SSSR count). The molecule has 5 heteroatoms. The van der Waals surface area contributed by atoms with Gasteiger partial charge in [0.05, 0.1) is 0 Å². The Balaban J connectivity index is 1.56. The van der Waals surface area contributed by atoms with Crippen LogP contribution in [0.1, 0.15) is 12.8 Å². The molecule has 0 aliphatic carbocycles. The third-order valence-electron chi connectivity index (χ3n) is 3.99. The molecular formula is C17H18BrN3O. The van der Waals surface area contributed by atoms with Gasteiger partial charge in [-0.05, 0) is 43.2 Å². The quantitative estimate of drug-likeness (QED) is 0.908. The highest BCUT2D eigenvalue weighted by atomic mass is 79.9. The summed E-state index contributed by atoms with van der Waals surface area (Å²) >= 11 is 3.42. The first-order chi connectivity index (χ1) is 10.7. The van der Waals surface area contributed by atoms with Crippen molar-refractivity contribution in [1.82, 2.24) is 4.98 Å². The van der Waals surface area contributed by atoms with Crippen LogP contribution < -0.4 is 10.2 Å². The van der Waals surface area contributed by atoms with Gasteiger partial charge >= 0.3 is 0 Å². The molecule has 2 heterocycles. The summed E-state index contributed by atoms with van der Waals surface area (Å²) in [5, 5.41) is 3.01. The second kappa shape index (κ2) is 6.92. The molecule has 0 spiro atoms. The first-order valence-corrected chi connectivity index (χ1v) is 8.23. The highest BCUT2D eigenvalue weighted by Crippen LogP contribution is 2.24. The molecule has 1 aromatic carbocycles. The molecular weight excluding hydrogens is 342 g/mol. The van der Waals surface area contributed by atoms with Gasteiger partial charge in [-0.2, -0.15) is 0 Å². The first kappa shape index (κ1) is 15.0. The first-order valence-electron chi connectivity index (χ1n) is 7.44. The summed E-state index contributed by atoms with van der Waals surface area (Å²) in [6, 6.07) is 11.7. The molecule has 0 radical (unpaired) electrons. The zero-order valence-corrected chi connectivity index (χ0v) is 13.8. The Morgan fingerprint density at radius 3 is 2.59 bits per heavy atom. The van der Waals surface area contributed by atoms with Crippen molar-refractivity contribution in [3.05, 3.63) is 53.3 Å². The minimum Gasteiger partial charge on any atom is -0.371 e. The number of piperidine rings is 1. The van der Waals surface area contributed by atoms with E-state index in [0.717, 1.165) is 36.1 Å². The van der Waals surface area contributed by atoms with Crippen molar-refractivity contribution in [2.75, 3.05) is 23.3 Å². The van der Waals surface area contributed by atoms with E-state index in [1.165, 1.54) is 5.69 Å². The van der Waals surface area contributed by atoms with Crippen LogP contribution in [0.4, 0.5) is 11.4 Å². The molecule has 1 N–H and O–H groups in total. The molecule has 1 fully saturated rings. The summed E-state index contributed by atoms with van der Waals surface area (Å²) in [5.74, 6) is 0.199. The van der Waals surface area contributed by atoms with Crippen molar-refractivity contribution in [2.24, 2.45) is 5.92 Å². The number of nitrogens with zero attached hydrogens (tertiary/aromatic N) is 2. The topological polar surface area (TPSA) is 45.2 Å². The van der Waals surface area contributed by atoms with Crippen molar-refractivity contribution in [3.63, 3.8) is 0 Å². The van der Waals surface area contributed by atoms with E-state index in [1.807, 2.05) is 36.4 Å². The lowest BCUT2D eigenvalue weighted by Gasteiger charge is -2.32. The van der Waals surface area contributed by atoms with Crippen molar-refractivity contribution >= 4 is 33.2 Å². The van der Waals surface area contributed by atoms with Crippen LogP contribution in [0, 0.1) is 5.92 Å². The van der Waals surface area contributed by atoms with Crippen LogP contribution in [0.3, 0.4) is 0 Å². The van der Waals surface area contributed by atoms with E-state index in [4.69, 9.17) is 0 Å². The standard InChI is InChI=1S/C17H18BrN3O/c18-14-2-1-3-15(12-14)20-17(22)13-6-10-21(11-7-13)16-4-8-19-9-5-16/h1-5,8-9,12-13H,6-7,10-11H2,(H,20,22). The molecule has 0 bridgehead atoms. The van der Waals surface area contributed by atoms with Crippen LogP contribution in [0.2, 0.25) is 0 Å². The van der Waals surface area contributed by atoms with Gasteiger partial charge in [0.15, 0.2) is 0 Å². The number of hydrogen-bond acceptors (Lipinski definition) is 3. The van der Waals surface area contributed by atoms with E-state index >= 15 is 0 Å². The van der Waals surface area contributed by atoms with E-state index < -0.39 is 0 Å².